The van der Waals surface area contributed by atoms with Crippen molar-refractivity contribution in [3.8, 4) is 0 Å². The number of benzene rings is 2. The summed E-state index contributed by atoms with van der Waals surface area (Å²) in [6.07, 6.45) is 2.95. The smallest absolute Gasteiger partial charge is 0.249 e. The van der Waals surface area contributed by atoms with Crippen molar-refractivity contribution in [3.63, 3.8) is 0 Å². The number of nitrogens with one attached hydrogen (secondary N) is 2. The molecule has 0 saturated carbocycles. The van der Waals surface area contributed by atoms with Crippen molar-refractivity contribution >= 4 is 40.5 Å². The molecule has 2 rings (SSSR count). The fraction of sp³-hybridized carbons (Fsp3) is 0. The summed E-state index contributed by atoms with van der Waals surface area (Å²) in [5.74, 6) is -0.280. The summed E-state index contributed by atoms with van der Waals surface area (Å²) in [6.45, 7) is 0. The monoisotopic (exact) mass is 306 g/mol. The van der Waals surface area contributed by atoms with Crippen molar-refractivity contribution in [2.24, 2.45) is 0 Å². The molecule has 0 aliphatic heterocycles. The molecule has 0 atom stereocenters. The highest BCUT2D eigenvalue weighted by Crippen LogP contribution is 2.25. The van der Waals surface area contributed by atoms with Gasteiger partial charge in [-0.3, -0.25) is 4.79 Å². The van der Waals surface area contributed by atoms with Gasteiger partial charge in [0, 0.05) is 23.0 Å². The van der Waals surface area contributed by atoms with Crippen LogP contribution in [-0.2, 0) is 4.79 Å². The lowest BCUT2D eigenvalue weighted by atomic mass is 10.3. The number of rotatable bonds is 4. The molecule has 1 amide bonds. The Bertz CT molecular complexity index is 627. The van der Waals surface area contributed by atoms with E-state index in [1.165, 1.54) is 6.08 Å². The number of anilines is 2. The molecule has 5 heteroatoms. The number of halogens is 2. The third kappa shape index (κ3) is 4.30. The maximum Gasteiger partial charge on any atom is 0.249 e. The summed E-state index contributed by atoms with van der Waals surface area (Å²) in [6, 6.07) is 14.4. The van der Waals surface area contributed by atoms with E-state index in [-0.39, 0.29) is 5.91 Å². The zero-order chi connectivity index (χ0) is 14.4. The van der Waals surface area contributed by atoms with E-state index in [0.29, 0.717) is 15.7 Å². The predicted octanol–water partition coefficient (Wildman–Crippen LogP) is 4.56. The Hall–Kier alpha value is -1.97. The summed E-state index contributed by atoms with van der Waals surface area (Å²) in [5.41, 5.74) is 1.42. The second-order valence-electron chi connectivity index (χ2n) is 3.96. The lowest BCUT2D eigenvalue weighted by Gasteiger charge is -2.05. The number of para-hydroxylation sites is 1. The van der Waals surface area contributed by atoms with Crippen molar-refractivity contribution in [2.45, 2.75) is 0 Å². The fourth-order valence-corrected chi connectivity index (χ4v) is 1.97. The molecule has 0 aliphatic rings. The summed E-state index contributed by atoms with van der Waals surface area (Å²) >= 11 is 11.7. The van der Waals surface area contributed by atoms with Crippen molar-refractivity contribution in [1.82, 2.24) is 0 Å². The van der Waals surface area contributed by atoms with Crippen LogP contribution in [0.1, 0.15) is 0 Å². The van der Waals surface area contributed by atoms with Gasteiger partial charge in [-0.2, -0.15) is 0 Å². The second kappa shape index (κ2) is 6.98. The zero-order valence-electron chi connectivity index (χ0n) is 10.4. The van der Waals surface area contributed by atoms with Crippen LogP contribution in [-0.4, -0.2) is 5.91 Å². The molecular formula is C15H12Cl2N2O. The summed E-state index contributed by atoms with van der Waals surface area (Å²) in [4.78, 5) is 11.7. The van der Waals surface area contributed by atoms with Gasteiger partial charge in [-0.25, -0.2) is 0 Å². The van der Waals surface area contributed by atoms with Crippen LogP contribution in [0.4, 0.5) is 11.4 Å². The van der Waals surface area contributed by atoms with Gasteiger partial charge in [0.25, 0.3) is 0 Å². The molecule has 3 nitrogen and oxygen atoms in total. The average molecular weight is 307 g/mol. The van der Waals surface area contributed by atoms with Gasteiger partial charge >= 0.3 is 0 Å². The first-order chi connectivity index (χ1) is 9.65. The number of carbonyl (C=O) groups excluding carboxylic acids is 1. The van der Waals surface area contributed by atoms with E-state index in [2.05, 4.69) is 10.6 Å². The van der Waals surface area contributed by atoms with Crippen molar-refractivity contribution in [2.75, 3.05) is 10.6 Å². The van der Waals surface area contributed by atoms with E-state index in [0.717, 1.165) is 5.69 Å². The normalized spacial score (nSPS) is 10.5. The average Bonchev–Trinajstić information content (AvgIpc) is 2.43. The third-order valence-electron chi connectivity index (χ3n) is 2.45. The maximum atomic E-state index is 11.7. The van der Waals surface area contributed by atoms with Crippen LogP contribution >= 0.6 is 23.2 Å². The van der Waals surface area contributed by atoms with Gasteiger partial charge < -0.3 is 10.6 Å². The Morgan fingerprint density at radius 1 is 1.05 bits per heavy atom. The molecule has 2 aromatic carbocycles. The Labute approximate surface area is 127 Å². The largest absolute Gasteiger partial charge is 0.361 e. The van der Waals surface area contributed by atoms with Gasteiger partial charge in [-0.05, 0) is 30.3 Å². The number of hydrogen-bond acceptors (Lipinski definition) is 2. The minimum absolute atomic E-state index is 0.280. The first-order valence-corrected chi connectivity index (χ1v) is 6.65. The van der Waals surface area contributed by atoms with Gasteiger partial charge in [-0.1, -0.05) is 41.4 Å². The molecule has 20 heavy (non-hydrogen) atoms. The van der Waals surface area contributed by atoms with Crippen molar-refractivity contribution in [1.29, 1.82) is 0 Å². The lowest BCUT2D eigenvalue weighted by molar-refractivity contribution is -0.111. The molecule has 0 heterocycles. The topological polar surface area (TPSA) is 41.1 Å². The van der Waals surface area contributed by atoms with Crippen LogP contribution < -0.4 is 10.6 Å². The molecule has 0 radical (unpaired) electrons. The molecule has 0 bridgehead atoms. The summed E-state index contributed by atoms with van der Waals surface area (Å²) in [7, 11) is 0. The minimum atomic E-state index is -0.280. The van der Waals surface area contributed by atoms with E-state index in [1.54, 1.807) is 24.4 Å². The Balaban J connectivity index is 1.92. The van der Waals surface area contributed by atoms with E-state index in [1.807, 2.05) is 30.3 Å². The molecule has 0 unspecified atom stereocenters. The Morgan fingerprint density at radius 2 is 1.80 bits per heavy atom. The molecule has 0 aliphatic carbocycles. The van der Waals surface area contributed by atoms with Gasteiger partial charge in [0.15, 0.2) is 0 Å². The second-order valence-corrected chi connectivity index (χ2v) is 4.80. The van der Waals surface area contributed by atoms with Gasteiger partial charge in [0.05, 0.1) is 10.7 Å². The number of hydrogen-bond donors (Lipinski definition) is 2. The lowest BCUT2D eigenvalue weighted by Crippen LogP contribution is -2.08. The molecule has 0 spiro atoms. The molecule has 102 valence electrons. The highest BCUT2D eigenvalue weighted by molar-refractivity contribution is 6.36. The molecular weight excluding hydrogens is 295 g/mol. The zero-order valence-corrected chi connectivity index (χ0v) is 11.9. The first-order valence-electron chi connectivity index (χ1n) is 5.89. The molecule has 0 saturated heterocycles. The van der Waals surface area contributed by atoms with Gasteiger partial charge in [0.1, 0.15) is 0 Å². The highest BCUT2D eigenvalue weighted by atomic mass is 35.5. The Morgan fingerprint density at radius 3 is 2.50 bits per heavy atom. The van der Waals surface area contributed by atoms with Crippen molar-refractivity contribution < 1.29 is 4.79 Å². The SMILES string of the molecule is O=C(/C=C/Nc1ccccc1)Nc1ccc(Cl)cc1Cl. The van der Waals surface area contributed by atoms with E-state index < -0.39 is 0 Å². The van der Waals surface area contributed by atoms with Gasteiger partial charge in [0.2, 0.25) is 5.91 Å². The molecule has 0 aromatic heterocycles. The molecule has 0 fully saturated rings. The summed E-state index contributed by atoms with van der Waals surface area (Å²) in [5, 5.41) is 6.58. The van der Waals surface area contributed by atoms with Crippen LogP contribution in [0.2, 0.25) is 10.0 Å². The molecule has 2 aromatic rings. The number of amides is 1. The minimum Gasteiger partial charge on any atom is -0.361 e. The predicted molar refractivity (Wildman–Crippen MR) is 84.3 cm³/mol. The molecule has 2 N–H and O–H groups in total. The maximum absolute atomic E-state index is 11.7. The first kappa shape index (κ1) is 14.4. The standard InChI is InChI=1S/C15H12Cl2N2O/c16-11-6-7-14(13(17)10-11)19-15(20)8-9-18-12-4-2-1-3-5-12/h1-10,18H,(H,19,20)/b9-8+. The summed E-state index contributed by atoms with van der Waals surface area (Å²) < 4.78 is 0. The highest BCUT2D eigenvalue weighted by Gasteiger charge is 2.03. The third-order valence-corrected chi connectivity index (χ3v) is 3.00. The van der Waals surface area contributed by atoms with E-state index >= 15 is 0 Å². The quantitative estimate of drug-likeness (QED) is 0.813. The van der Waals surface area contributed by atoms with Crippen molar-refractivity contribution in [3.05, 3.63) is 70.9 Å². The van der Waals surface area contributed by atoms with E-state index in [9.17, 15) is 4.79 Å². The van der Waals surface area contributed by atoms with Crippen LogP contribution in [0.3, 0.4) is 0 Å². The van der Waals surface area contributed by atoms with Crippen LogP contribution in [0.15, 0.2) is 60.8 Å². The van der Waals surface area contributed by atoms with Crippen LogP contribution in [0.25, 0.3) is 0 Å². The van der Waals surface area contributed by atoms with E-state index in [4.69, 9.17) is 23.2 Å². The fourth-order valence-electron chi connectivity index (χ4n) is 1.51. The van der Waals surface area contributed by atoms with Gasteiger partial charge in [-0.15, -0.1) is 0 Å². The van der Waals surface area contributed by atoms with Crippen LogP contribution in [0, 0.1) is 0 Å². The number of carbonyl (C=O) groups is 1. The Kier molecular flexibility index (Phi) is 5.04. The van der Waals surface area contributed by atoms with Crippen LogP contribution in [0.5, 0.6) is 0 Å².